The molecule has 0 N–H and O–H groups in total. The van der Waals surface area contributed by atoms with E-state index in [0.717, 1.165) is 16.3 Å². The predicted octanol–water partition coefficient (Wildman–Crippen LogP) is 5.00. The molecule has 0 spiro atoms. The second-order valence-corrected chi connectivity index (χ2v) is 7.60. The fraction of sp³-hybridized carbons (Fsp3) is 0.238. The number of imidazole rings is 1. The largest absolute Gasteiger partial charge is 0.406 e. The Morgan fingerprint density at radius 3 is 2.53 bits per heavy atom. The second-order valence-electron chi connectivity index (χ2n) is 6.66. The van der Waals surface area contributed by atoms with E-state index in [4.69, 9.17) is 0 Å². The summed E-state index contributed by atoms with van der Waals surface area (Å²) in [5.74, 6) is -0.785. The van der Waals surface area contributed by atoms with Gasteiger partial charge < -0.3 is 9.47 Å². The number of rotatable bonds is 7. The third-order valence-corrected chi connectivity index (χ3v) is 5.26. The Kier molecular flexibility index (Phi) is 6.81. The fourth-order valence-corrected chi connectivity index (χ4v) is 3.80. The normalized spacial score (nSPS) is 11.5. The van der Waals surface area contributed by atoms with Gasteiger partial charge >= 0.3 is 6.18 Å². The fourth-order valence-electron chi connectivity index (χ4n) is 2.88. The summed E-state index contributed by atoms with van der Waals surface area (Å²) < 4.78 is 53.8. The third kappa shape index (κ3) is 5.85. The summed E-state index contributed by atoms with van der Waals surface area (Å²) in [5, 5.41) is 0.110. The van der Waals surface area contributed by atoms with Gasteiger partial charge in [0.15, 0.2) is 5.16 Å². The highest BCUT2D eigenvalue weighted by Gasteiger charge is 2.31. The average molecular weight is 437 g/mol. The van der Waals surface area contributed by atoms with Gasteiger partial charge in [0.1, 0.15) is 12.4 Å². The van der Waals surface area contributed by atoms with Gasteiger partial charge in [0.05, 0.1) is 17.6 Å². The maximum atomic E-state index is 13.3. The van der Waals surface area contributed by atoms with E-state index >= 15 is 0 Å². The highest BCUT2D eigenvalue weighted by Crippen LogP contribution is 2.30. The molecule has 1 aromatic heterocycles. The van der Waals surface area contributed by atoms with Crippen LogP contribution in [-0.2, 0) is 17.9 Å². The van der Waals surface area contributed by atoms with Crippen molar-refractivity contribution in [2.75, 3.05) is 12.8 Å². The van der Waals surface area contributed by atoms with Crippen molar-refractivity contribution in [2.24, 2.45) is 0 Å². The van der Waals surface area contributed by atoms with Crippen LogP contribution in [0.25, 0.3) is 11.3 Å². The van der Waals surface area contributed by atoms with E-state index in [1.807, 2.05) is 0 Å². The zero-order valence-corrected chi connectivity index (χ0v) is 16.9. The van der Waals surface area contributed by atoms with Crippen LogP contribution >= 0.6 is 11.8 Å². The molecular weight excluding hydrogens is 418 g/mol. The Hall–Kier alpha value is -2.81. The summed E-state index contributed by atoms with van der Waals surface area (Å²) in [5.41, 5.74) is 1.56. The van der Waals surface area contributed by atoms with Gasteiger partial charge in [-0.25, -0.2) is 9.37 Å². The number of alkyl halides is 3. The van der Waals surface area contributed by atoms with Gasteiger partial charge in [0.2, 0.25) is 5.91 Å². The number of halogens is 4. The van der Waals surface area contributed by atoms with Crippen molar-refractivity contribution in [3.8, 4) is 11.3 Å². The number of carbonyl (C=O) groups excluding carboxylic acids is 1. The minimum Gasteiger partial charge on any atom is -0.341 e. The number of hydrogen-bond donors (Lipinski definition) is 0. The molecule has 0 bridgehead atoms. The lowest BCUT2D eigenvalue weighted by Gasteiger charge is -2.18. The Morgan fingerprint density at radius 2 is 1.87 bits per heavy atom. The molecule has 0 fully saturated rings. The van der Waals surface area contributed by atoms with Crippen LogP contribution in [0.3, 0.4) is 0 Å². The van der Waals surface area contributed by atoms with Crippen molar-refractivity contribution in [2.45, 2.75) is 24.4 Å². The number of nitrogens with zero attached hydrogens (tertiary/aromatic N) is 3. The minimum atomic E-state index is -4.43. The van der Waals surface area contributed by atoms with Gasteiger partial charge in [0.25, 0.3) is 0 Å². The van der Waals surface area contributed by atoms with E-state index in [2.05, 4.69) is 4.98 Å². The van der Waals surface area contributed by atoms with Gasteiger partial charge in [0, 0.05) is 13.6 Å². The number of benzene rings is 2. The number of carbonyl (C=O) groups is 1. The minimum absolute atomic E-state index is 0.0884. The van der Waals surface area contributed by atoms with Crippen LogP contribution in [0.2, 0.25) is 0 Å². The van der Waals surface area contributed by atoms with Crippen LogP contribution in [0, 0.1) is 5.82 Å². The van der Waals surface area contributed by atoms with Crippen molar-refractivity contribution in [3.05, 3.63) is 72.2 Å². The van der Waals surface area contributed by atoms with Gasteiger partial charge in [-0.3, -0.25) is 4.79 Å². The Bertz CT molecular complexity index is 1000. The van der Waals surface area contributed by atoms with E-state index in [9.17, 15) is 22.4 Å². The second kappa shape index (κ2) is 9.34. The molecule has 3 aromatic rings. The van der Waals surface area contributed by atoms with Crippen LogP contribution in [0.5, 0.6) is 0 Å². The smallest absolute Gasteiger partial charge is 0.341 e. The van der Waals surface area contributed by atoms with Crippen molar-refractivity contribution < 1.29 is 22.4 Å². The summed E-state index contributed by atoms with van der Waals surface area (Å²) in [7, 11) is 1.56. The lowest BCUT2D eigenvalue weighted by molar-refractivity contribution is -0.141. The molecule has 30 heavy (non-hydrogen) atoms. The summed E-state index contributed by atoms with van der Waals surface area (Å²) in [6, 6.07) is 14.5. The molecule has 0 aliphatic rings. The number of thioether (sulfide) groups is 1. The summed E-state index contributed by atoms with van der Waals surface area (Å²) >= 11 is 0.940. The maximum Gasteiger partial charge on any atom is 0.406 e. The molecule has 0 aliphatic carbocycles. The van der Waals surface area contributed by atoms with Gasteiger partial charge in [-0.15, -0.1) is 0 Å². The van der Waals surface area contributed by atoms with Crippen molar-refractivity contribution in [3.63, 3.8) is 0 Å². The van der Waals surface area contributed by atoms with Crippen molar-refractivity contribution in [1.82, 2.24) is 14.5 Å². The number of aromatic nitrogens is 2. The van der Waals surface area contributed by atoms with Crippen LogP contribution in [0.15, 0.2) is 66.0 Å². The molecule has 158 valence electrons. The zero-order valence-electron chi connectivity index (χ0n) is 16.1. The van der Waals surface area contributed by atoms with E-state index < -0.39 is 18.5 Å². The monoisotopic (exact) mass is 437 g/mol. The van der Waals surface area contributed by atoms with Gasteiger partial charge in [-0.05, 0) is 23.3 Å². The van der Waals surface area contributed by atoms with E-state index in [-0.39, 0.29) is 23.4 Å². The molecular formula is C21H19F4N3OS. The van der Waals surface area contributed by atoms with Crippen LogP contribution < -0.4 is 0 Å². The number of amides is 1. The van der Waals surface area contributed by atoms with Gasteiger partial charge in [-0.2, -0.15) is 13.2 Å². The van der Waals surface area contributed by atoms with Crippen LogP contribution in [0.4, 0.5) is 17.6 Å². The highest BCUT2D eigenvalue weighted by molar-refractivity contribution is 7.99. The first-order valence-corrected chi connectivity index (χ1v) is 10.0. The van der Waals surface area contributed by atoms with E-state index in [1.165, 1.54) is 23.2 Å². The topological polar surface area (TPSA) is 38.1 Å². The SMILES string of the molecule is CN(Cc1cccc(F)c1)C(=O)CSc1ncc(-c2ccccc2)n1CC(F)(F)F. The molecule has 0 aliphatic heterocycles. The third-order valence-electron chi connectivity index (χ3n) is 4.29. The standard InChI is InChI=1S/C21H19F4N3OS/c1-27(12-15-6-5-9-17(22)10-15)19(29)13-30-20-26-11-18(16-7-3-2-4-8-16)28(20)14-21(23,24)25/h2-11H,12-14H2,1H3. The molecule has 4 nitrogen and oxygen atoms in total. The summed E-state index contributed by atoms with van der Waals surface area (Å²) in [6.07, 6.45) is -3.05. The highest BCUT2D eigenvalue weighted by atomic mass is 32.2. The average Bonchev–Trinajstić information content (AvgIpc) is 3.07. The van der Waals surface area contributed by atoms with Crippen LogP contribution in [0.1, 0.15) is 5.56 Å². The molecule has 0 atom stereocenters. The Balaban J connectivity index is 1.72. The predicted molar refractivity (Wildman–Crippen MR) is 107 cm³/mol. The van der Waals surface area contributed by atoms with E-state index in [0.29, 0.717) is 16.8 Å². The lowest BCUT2D eigenvalue weighted by atomic mass is 10.2. The first-order valence-electron chi connectivity index (χ1n) is 9.02. The molecule has 1 heterocycles. The maximum absolute atomic E-state index is 13.3. The van der Waals surface area contributed by atoms with Gasteiger partial charge in [-0.1, -0.05) is 54.2 Å². The molecule has 0 saturated heterocycles. The molecule has 0 radical (unpaired) electrons. The number of hydrogen-bond acceptors (Lipinski definition) is 3. The molecule has 1 amide bonds. The first-order chi connectivity index (χ1) is 14.2. The Labute approximate surface area is 175 Å². The summed E-state index contributed by atoms with van der Waals surface area (Å²) in [6.45, 7) is -1.00. The molecule has 9 heteroatoms. The lowest BCUT2D eigenvalue weighted by Crippen LogP contribution is -2.28. The summed E-state index contributed by atoms with van der Waals surface area (Å²) in [4.78, 5) is 17.9. The van der Waals surface area contributed by atoms with Crippen LogP contribution in [-0.4, -0.2) is 39.3 Å². The molecule has 3 rings (SSSR count). The first kappa shape index (κ1) is 21.9. The molecule has 0 unspecified atom stereocenters. The Morgan fingerprint density at radius 1 is 1.13 bits per heavy atom. The van der Waals surface area contributed by atoms with Crippen molar-refractivity contribution >= 4 is 17.7 Å². The molecule has 2 aromatic carbocycles. The van der Waals surface area contributed by atoms with E-state index in [1.54, 1.807) is 49.5 Å². The molecule has 0 saturated carbocycles. The van der Waals surface area contributed by atoms with Crippen molar-refractivity contribution in [1.29, 1.82) is 0 Å². The zero-order chi connectivity index (χ0) is 21.7. The quantitative estimate of drug-likeness (QED) is 0.386.